The van der Waals surface area contributed by atoms with E-state index >= 15 is 0 Å². The number of carbonyl (C=O) groups excluding carboxylic acids is 3. The lowest BCUT2D eigenvalue weighted by atomic mass is 10.0. The first-order valence-electron chi connectivity index (χ1n) is 12.4. The Bertz CT molecular complexity index is 892. The van der Waals surface area contributed by atoms with Crippen LogP contribution in [0.1, 0.15) is 62.7 Å². The lowest BCUT2D eigenvalue weighted by Gasteiger charge is -2.39. The van der Waals surface area contributed by atoms with E-state index in [1.165, 1.54) is 12.8 Å². The van der Waals surface area contributed by atoms with Gasteiger partial charge in [0.1, 0.15) is 0 Å². The van der Waals surface area contributed by atoms with E-state index in [0.717, 1.165) is 44.8 Å². The van der Waals surface area contributed by atoms with Crippen LogP contribution in [0.15, 0.2) is 18.2 Å². The van der Waals surface area contributed by atoms with Gasteiger partial charge in [0, 0.05) is 50.7 Å². The number of anilines is 2. The Morgan fingerprint density at radius 2 is 1.91 bits per heavy atom. The van der Waals surface area contributed by atoms with Gasteiger partial charge < -0.3 is 20.4 Å². The number of hydrogen-bond acceptors (Lipinski definition) is 4. The molecule has 1 unspecified atom stereocenters. The van der Waals surface area contributed by atoms with Crippen molar-refractivity contribution in [3.05, 3.63) is 23.8 Å². The second-order valence-corrected chi connectivity index (χ2v) is 9.75. The van der Waals surface area contributed by atoms with E-state index in [1.54, 1.807) is 23.1 Å². The van der Waals surface area contributed by atoms with E-state index in [2.05, 4.69) is 22.5 Å². The Kier molecular flexibility index (Phi) is 7.22. The van der Waals surface area contributed by atoms with E-state index in [-0.39, 0.29) is 36.3 Å². The number of amides is 4. The number of benzene rings is 1. The summed E-state index contributed by atoms with van der Waals surface area (Å²) in [5, 5.41) is 5.88. The second kappa shape index (κ2) is 10.1. The molecule has 4 amide bonds. The monoisotopic (exact) mass is 455 g/mol. The van der Waals surface area contributed by atoms with E-state index in [4.69, 9.17) is 0 Å². The molecule has 1 aromatic rings. The number of carbonyl (C=O) groups is 3. The van der Waals surface area contributed by atoms with Crippen molar-refractivity contribution >= 4 is 29.2 Å². The molecule has 0 radical (unpaired) electrons. The third-order valence-electron chi connectivity index (χ3n) is 7.31. The van der Waals surface area contributed by atoms with Crippen molar-refractivity contribution in [1.29, 1.82) is 0 Å². The van der Waals surface area contributed by atoms with Crippen LogP contribution in [-0.2, 0) is 4.79 Å². The maximum absolute atomic E-state index is 13.6. The Labute approximate surface area is 196 Å². The quantitative estimate of drug-likeness (QED) is 0.689. The zero-order valence-corrected chi connectivity index (χ0v) is 20.1. The smallest absolute Gasteiger partial charge is 0.324 e. The molecule has 0 spiro atoms. The van der Waals surface area contributed by atoms with Gasteiger partial charge in [0.25, 0.3) is 5.91 Å². The topological polar surface area (TPSA) is 85.0 Å². The molecule has 8 heteroatoms. The van der Waals surface area contributed by atoms with Crippen molar-refractivity contribution in [2.24, 2.45) is 5.92 Å². The van der Waals surface area contributed by atoms with Gasteiger partial charge in [-0.15, -0.1) is 0 Å². The molecule has 8 nitrogen and oxygen atoms in total. The SMILES string of the molecule is CCN1CCC(N(C)C(=O)N2c3ccc(C(=O)NCCC4CC4)cc3NC(=O)CC2C)CC1. The minimum absolute atomic E-state index is 0.100. The van der Waals surface area contributed by atoms with Gasteiger partial charge in [0.05, 0.1) is 11.4 Å². The number of fused-ring (bicyclic) bond motifs is 1. The van der Waals surface area contributed by atoms with Crippen molar-refractivity contribution in [2.45, 2.75) is 64.5 Å². The molecule has 180 valence electrons. The zero-order valence-electron chi connectivity index (χ0n) is 20.1. The first-order valence-corrected chi connectivity index (χ1v) is 12.4. The summed E-state index contributed by atoms with van der Waals surface area (Å²) in [6.07, 6.45) is 5.64. The van der Waals surface area contributed by atoms with Crippen LogP contribution in [0.3, 0.4) is 0 Å². The minimum atomic E-state index is -0.282. The number of nitrogens with one attached hydrogen (secondary N) is 2. The van der Waals surface area contributed by atoms with Crippen LogP contribution in [-0.4, -0.2) is 73.0 Å². The Morgan fingerprint density at radius 3 is 2.58 bits per heavy atom. The molecular formula is C25H37N5O3. The van der Waals surface area contributed by atoms with Crippen molar-refractivity contribution in [1.82, 2.24) is 15.1 Å². The number of likely N-dealkylation sites (tertiary alicyclic amines) is 1. The van der Waals surface area contributed by atoms with Gasteiger partial charge in [0.2, 0.25) is 5.91 Å². The van der Waals surface area contributed by atoms with E-state index in [9.17, 15) is 14.4 Å². The first-order chi connectivity index (χ1) is 15.9. The van der Waals surface area contributed by atoms with E-state index in [0.29, 0.717) is 23.5 Å². The Morgan fingerprint density at radius 1 is 1.18 bits per heavy atom. The molecule has 0 aromatic heterocycles. The van der Waals surface area contributed by atoms with Gasteiger partial charge in [-0.1, -0.05) is 19.8 Å². The molecule has 1 aliphatic carbocycles. The third-order valence-corrected chi connectivity index (χ3v) is 7.31. The predicted molar refractivity (Wildman–Crippen MR) is 130 cm³/mol. The average Bonchev–Trinajstić information content (AvgIpc) is 3.64. The highest BCUT2D eigenvalue weighted by atomic mass is 16.2. The second-order valence-electron chi connectivity index (χ2n) is 9.75. The van der Waals surface area contributed by atoms with Crippen molar-refractivity contribution in [3.8, 4) is 0 Å². The fraction of sp³-hybridized carbons (Fsp3) is 0.640. The van der Waals surface area contributed by atoms with Gasteiger partial charge in [-0.05, 0) is 56.8 Å². The highest BCUT2D eigenvalue weighted by Gasteiger charge is 2.35. The van der Waals surface area contributed by atoms with Crippen LogP contribution in [0.2, 0.25) is 0 Å². The molecule has 2 aliphatic heterocycles. The summed E-state index contributed by atoms with van der Waals surface area (Å²) < 4.78 is 0. The molecule has 2 fully saturated rings. The van der Waals surface area contributed by atoms with Crippen molar-refractivity contribution < 1.29 is 14.4 Å². The van der Waals surface area contributed by atoms with Crippen molar-refractivity contribution in [3.63, 3.8) is 0 Å². The van der Waals surface area contributed by atoms with Gasteiger partial charge in [-0.25, -0.2) is 4.79 Å². The van der Waals surface area contributed by atoms with E-state index in [1.807, 2.05) is 18.9 Å². The highest BCUT2D eigenvalue weighted by molar-refractivity contribution is 6.06. The third kappa shape index (κ3) is 5.49. The number of nitrogens with zero attached hydrogens (tertiary/aromatic N) is 3. The van der Waals surface area contributed by atoms with Crippen molar-refractivity contribution in [2.75, 3.05) is 43.4 Å². The predicted octanol–water partition coefficient (Wildman–Crippen LogP) is 3.29. The summed E-state index contributed by atoms with van der Waals surface area (Å²) in [6, 6.07) is 5.03. The van der Waals surface area contributed by atoms with Gasteiger partial charge >= 0.3 is 6.03 Å². The van der Waals surface area contributed by atoms with Gasteiger partial charge in [-0.2, -0.15) is 0 Å². The van der Waals surface area contributed by atoms with E-state index < -0.39 is 0 Å². The molecule has 1 saturated carbocycles. The molecule has 2 N–H and O–H groups in total. The summed E-state index contributed by atoms with van der Waals surface area (Å²) in [5.41, 5.74) is 1.65. The molecule has 4 rings (SSSR count). The van der Waals surface area contributed by atoms with Crippen LogP contribution in [0.4, 0.5) is 16.2 Å². The number of rotatable bonds is 6. The number of hydrogen-bond donors (Lipinski definition) is 2. The van der Waals surface area contributed by atoms with Crippen LogP contribution >= 0.6 is 0 Å². The summed E-state index contributed by atoms with van der Waals surface area (Å²) in [5.74, 6) is 0.454. The lowest BCUT2D eigenvalue weighted by Crippen LogP contribution is -2.52. The molecule has 1 aromatic carbocycles. The molecule has 0 bridgehead atoms. The summed E-state index contributed by atoms with van der Waals surface area (Å²) >= 11 is 0. The molecule has 3 aliphatic rings. The first kappa shape index (κ1) is 23.5. The Balaban J connectivity index is 1.51. The molecular weight excluding hydrogens is 418 g/mol. The van der Waals surface area contributed by atoms with Crippen LogP contribution in [0, 0.1) is 5.92 Å². The molecule has 33 heavy (non-hydrogen) atoms. The number of piperidine rings is 1. The van der Waals surface area contributed by atoms with Gasteiger partial charge in [-0.3, -0.25) is 14.5 Å². The average molecular weight is 456 g/mol. The Hall–Kier alpha value is -2.61. The fourth-order valence-electron chi connectivity index (χ4n) is 4.92. The maximum atomic E-state index is 13.6. The molecule has 1 saturated heterocycles. The minimum Gasteiger partial charge on any atom is -0.352 e. The van der Waals surface area contributed by atoms with Crippen LogP contribution < -0.4 is 15.5 Å². The standard InChI is InChI=1S/C25H37N5O3/c1-4-29-13-10-20(11-14-29)28(3)25(33)30-17(2)15-23(31)27-21-16-19(7-8-22(21)30)24(32)26-12-9-18-5-6-18/h7-8,16-18,20H,4-6,9-15H2,1-3H3,(H,26,32)(H,27,31). The molecule has 1 atom stereocenters. The molecule has 2 heterocycles. The summed E-state index contributed by atoms with van der Waals surface area (Å²) in [4.78, 5) is 44.7. The highest BCUT2D eigenvalue weighted by Crippen LogP contribution is 2.34. The van der Waals surface area contributed by atoms with Crippen LogP contribution in [0.5, 0.6) is 0 Å². The van der Waals surface area contributed by atoms with Gasteiger partial charge in [0.15, 0.2) is 0 Å². The number of urea groups is 1. The lowest BCUT2D eigenvalue weighted by molar-refractivity contribution is -0.116. The summed E-state index contributed by atoms with van der Waals surface area (Å²) in [6.45, 7) is 7.74. The van der Waals surface area contributed by atoms with Crippen LogP contribution in [0.25, 0.3) is 0 Å². The summed E-state index contributed by atoms with van der Waals surface area (Å²) in [7, 11) is 1.86. The zero-order chi connectivity index (χ0) is 23.5. The fourth-order valence-corrected chi connectivity index (χ4v) is 4.92. The normalized spacial score (nSPS) is 21.7. The maximum Gasteiger partial charge on any atom is 0.324 e. The largest absolute Gasteiger partial charge is 0.352 e.